The third kappa shape index (κ3) is 2.68. The molecule has 0 saturated carbocycles. The van der Waals surface area contributed by atoms with Gasteiger partial charge < -0.3 is 4.90 Å². The zero-order chi connectivity index (χ0) is 12.4. The van der Waals surface area contributed by atoms with E-state index in [-0.39, 0.29) is 5.56 Å². The number of piperidine rings is 1. The lowest BCUT2D eigenvalue weighted by Gasteiger charge is -2.34. The molecule has 1 aliphatic heterocycles. The zero-order valence-corrected chi connectivity index (χ0v) is 10.9. The van der Waals surface area contributed by atoms with E-state index in [1.165, 1.54) is 12.8 Å². The van der Waals surface area contributed by atoms with Crippen molar-refractivity contribution in [2.24, 2.45) is 11.8 Å². The number of nitrogens with zero attached hydrogens (tertiary/aromatic N) is 2. The fraction of sp³-hybridized carbons (Fsp3) is 0.692. The number of H-pyrrole nitrogens is 1. The number of nitrogens with one attached hydrogen (secondary N) is 1. The van der Waals surface area contributed by atoms with E-state index in [9.17, 15) is 4.79 Å². The third-order valence-electron chi connectivity index (χ3n) is 3.75. The molecule has 1 saturated heterocycles. The number of anilines is 1. The van der Waals surface area contributed by atoms with Gasteiger partial charge >= 0.3 is 0 Å². The average molecular weight is 235 g/mol. The van der Waals surface area contributed by atoms with Crippen molar-refractivity contribution in [3.05, 3.63) is 22.1 Å². The van der Waals surface area contributed by atoms with Crippen molar-refractivity contribution in [2.45, 2.75) is 33.6 Å². The molecule has 2 heterocycles. The van der Waals surface area contributed by atoms with Gasteiger partial charge in [-0.25, -0.2) is 4.98 Å². The van der Waals surface area contributed by atoms with Crippen LogP contribution in [0.25, 0.3) is 0 Å². The Labute approximate surface area is 102 Å². The van der Waals surface area contributed by atoms with E-state index < -0.39 is 0 Å². The molecule has 0 aliphatic carbocycles. The molecule has 1 N–H and O–H groups in total. The molecule has 4 nitrogen and oxygen atoms in total. The van der Waals surface area contributed by atoms with Crippen LogP contribution in [0, 0.1) is 18.8 Å². The molecule has 0 atom stereocenters. The topological polar surface area (TPSA) is 49.0 Å². The van der Waals surface area contributed by atoms with Crippen molar-refractivity contribution in [2.75, 3.05) is 18.0 Å². The van der Waals surface area contributed by atoms with E-state index in [2.05, 4.69) is 28.7 Å². The molecule has 0 amide bonds. The number of aromatic amines is 1. The standard InChI is InChI=1S/C13H21N3O/c1-9(2)11-4-6-16(7-5-11)13-14-8-10(3)12(17)15-13/h8-9,11H,4-7H2,1-3H3,(H,14,15,17). The fourth-order valence-electron chi connectivity index (χ4n) is 2.39. The highest BCUT2D eigenvalue weighted by Crippen LogP contribution is 2.25. The van der Waals surface area contributed by atoms with Crippen molar-refractivity contribution in [1.82, 2.24) is 9.97 Å². The lowest BCUT2D eigenvalue weighted by Crippen LogP contribution is -2.37. The van der Waals surface area contributed by atoms with Crippen LogP contribution in [0.5, 0.6) is 0 Å². The minimum absolute atomic E-state index is 0.0269. The second-order valence-electron chi connectivity index (χ2n) is 5.29. The molecule has 1 aliphatic rings. The van der Waals surface area contributed by atoms with Crippen molar-refractivity contribution in [1.29, 1.82) is 0 Å². The van der Waals surface area contributed by atoms with E-state index in [0.717, 1.165) is 30.9 Å². The summed E-state index contributed by atoms with van der Waals surface area (Å²) in [6.45, 7) is 8.34. The summed E-state index contributed by atoms with van der Waals surface area (Å²) >= 11 is 0. The van der Waals surface area contributed by atoms with Crippen LogP contribution in [0.4, 0.5) is 5.95 Å². The van der Waals surface area contributed by atoms with Crippen LogP contribution >= 0.6 is 0 Å². The first-order valence-electron chi connectivity index (χ1n) is 6.39. The maximum absolute atomic E-state index is 11.5. The van der Waals surface area contributed by atoms with Crippen molar-refractivity contribution in [3.63, 3.8) is 0 Å². The second kappa shape index (κ2) is 4.90. The molecule has 4 heteroatoms. The van der Waals surface area contributed by atoms with Crippen LogP contribution in [-0.2, 0) is 0 Å². The van der Waals surface area contributed by atoms with Crippen LogP contribution < -0.4 is 10.5 Å². The van der Waals surface area contributed by atoms with E-state index >= 15 is 0 Å². The average Bonchev–Trinajstić information content (AvgIpc) is 2.33. The van der Waals surface area contributed by atoms with E-state index in [4.69, 9.17) is 0 Å². The number of aryl methyl sites for hydroxylation is 1. The molecule has 0 aromatic carbocycles. The van der Waals surface area contributed by atoms with Gasteiger partial charge in [-0.2, -0.15) is 0 Å². The van der Waals surface area contributed by atoms with Gasteiger partial charge in [-0.05, 0) is 31.6 Å². The Kier molecular flexibility index (Phi) is 3.50. The summed E-state index contributed by atoms with van der Waals surface area (Å²) in [5, 5.41) is 0. The highest BCUT2D eigenvalue weighted by atomic mass is 16.1. The number of hydrogen-bond donors (Lipinski definition) is 1. The van der Waals surface area contributed by atoms with Gasteiger partial charge in [0, 0.05) is 24.8 Å². The monoisotopic (exact) mass is 235 g/mol. The predicted octanol–water partition coefficient (Wildman–Crippen LogP) is 1.95. The summed E-state index contributed by atoms with van der Waals surface area (Å²) in [6, 6.07) is 0. The Balaban J connectivity index is 2.05. The third-order valence-corrected chi connectivity index (χ3v) is 3.75. The zero-order valence-electron chi connectivity index (χ0n) is 10.9. The number of hydrogen-bond acceptors (Lipinski definition) is 3. The van der Waals surface area contributed by atoms with Gasteiger partial charge in [-0.1, -0.05) is 13.8 Å². The van der Waals surface area contributed by atoms with Gasteiger partial charge in [0.2, 0.25) is 5.95 Å². The summed E-state index contributed by atoms with van der Waals surface area (Å²) in [5.74, 6) is 2.29. The quantitative estimate of drug-likeness (QED) is 0.852. The molecule has 0 unspecified atom stereocenters. The number of rotatable bonds is 2. The maximum Gasteiger partial charge on any atom is 0.255 e. The van der Waals surface area contributed by atoms with Crippen molar-refractivity contribution in [3.8, 4) is 0 Å². The first-order valence-corrected chi connectivity index (χ1v) is 6.39. The summed E-state index contributed by atoms with van der Waals surface area (Å²) in [7, 11) is 0. The summed E-state index contributed by atoms with van der Waals surface area (Å²) in [5.41, 5.74) is 0.645. The first-order chi connectivity index (χ1) is 8.08. The van der Waals surface area contributed by atoms with Gasteiger partial charge in [0.1, 0.15) is 0 Å². The van der Waals surface area contributed by atoms with E-state index in [0.29, 0.717) is 5.56 Å². The van der Waals surface area contributed by atoms with Gasteiger partial charge in [-0.3, -0.25) is 9.78 Å². The molecule has 0 radical (unpaired) electrons. The Hall–Kier alpha value is -1.32. The van der Waals surface area contributed by atoms with Crippen LogP contribution in [-0.4, -0.2) is 23.1 Å². The largest absolute Gasteiger partial charge is 0.342 e. The second-order valence-corrected chi connectivity index (χ2v) is 5.29. The molecule has 94 valence electrons. The molecule has 1 fully saturated rings. The summed E-state index contributed by atoms with van der Waals surface area (Å²) in [4.78, 5) is 20.9. The highest BCUT2D eigenvalue weighted by Gasteiger charge is 2.22. The Bertz CT molecular complexity index is 431. The van der Waals surface area contributed by atoms with Crippen LogP contribution in [0.2, 0.25) is 0 Å². The first kappa shape index (κ1) is 12.1. The molecule has 17 heavy (non-hydrogen) atoms. The molecular weight excluding hydrogens is 214 g/mol. The van der Waals surface area contributed by atoms with Gasteiger partial charge in [-0.15, -0.1) is 0 Å². The van der Waals surface area contributed by atoms with Gasteiger partial charge in [0.25, 0.3) is 5.56 Å². The lowest BCUT2D eigenvalue weighted by atomic mass is 9.87. The Morgan fingerprint density at radius 3 is 2.59 bits per heavy atom. The minimum Gasteiger partial charge on any atom is -0.342 e. The normalized spacial score (nSPS) is 17.8. The van der Waals surface area contributed by atoms with Crippen LogP contribution in [0.1, 0.15) is 32.3 Å². The van der Waals surface area contributed by atoms with Gasteiger partial charge in [0.15, 0.2) is 0 Å². The molecule has 2 rings (SSSR count). The SMILES string of the molecule is Cc1cnc(N2CCC(C(C)C)CC2)[nH]c1=O. The minimum atomic E-state index is -0.0269. The highest BCUT2D eigenvalue weighted by molar-refractivity contribution is 5.30. The molecule has 1 aromatic rings. The lowest BCUT2D eigenvalue weighted by molar-refractivity contribution is 0.310. The molecule has 0 bridgehead atoms. The van der Waals surface area contributed by atoms with Crippen LogP contribution in [0.3, 0.4) is 0 Å². The van der Waals surface area contributed by atoms with Crippen LogP contribution in [0.15, 0.2) is 11.0 Å². The molecule has 0 spiro atoms. The fourth-order valence-corrected chi connectivity index (χ4v) is 2.39. The molecular formula is C13H21N3O. The van der Waals surface area contributed by atoms with E-state index in [1.807, 2.05) is 0 Å². The van der Waals surface area contributed by atoms with Crippen molar-refractivity contribution < 1.29 is 0 Å². The Morgan fingerprint density at radius 2 is 2.06 bits per heavy atom. The predicted molar refractivity (Wildman–Crippen MR) is 69.4 cm³/mol. The summed E-state index contributed by atoms with van der Waals surface area (Å²) < 4.78 is 0. The molecule has 1 aromatic heterocycles. The smallest absolute Gasteiger partial charge is 0.255 e. The Morgan fingerprint density at radius 1 is 1.41 bits per heavy atom. The number of aromatic nitrogens is 2. The van der Waals surface area contributed by atoms with Crippen molar-refractivity contribution >= 4 is 5.95 Å². The maximum atomic E-state index is 11.5. The van der Waals surface area contributed by atoms with Gasteiger partial charge in [0.05, 0.1) is 0 Å². The van der Waals surface area contributed by atoms with E-state index in [1.54, 1.807) is 13.1 Å². The summed E-state index contributed by atoms with van der Waals surface area (Å²) in [6.07, 6.45) is 4.03.